The third kappa shape index (κ3) is 3.66. The van der Waals surface area contributed by atoms with E-state index in [1.807, 2.05) is 19.9 Å². The van der Waals surface area contributed by atoms with Crippen LogP contribution in [-0.4, -0.2) is 27.3 Å². The first-order valence-electron chi connectivity index (χ1n) is 10.3. The van der Waals surface area contributed by atoms with E-state index >= 15 is 0 Å². The molecule has 3 aromatic heterocycles. The summed E-state index contributed by atoms with van der Waals surface area (Å²) in [6.45, 7) is 3.78. The average molecular weight is 491 g/mol. The highest BCUT2D eigenvalue weighted by Gasteiger charge is 2.23. The smallest absolute Gasteiger partial charge is 0.258 e. The Kier molecular flexibility index (Phi) is 5.26. The number of non-ortho nitro benzene ring substituents is 1. The van der Waals surface area contributed by atoms with Gasteiger partial charge in [0.05, 0.1) is 25.4 Å². The van der Waals surface area contributed by atoms with Crippen molar-refractivity contribution in [3.63, 3.8) is 0 Å². The molecule has 0 aliphatic carbocycles. The molecule has 5 rings (SSSR count). The van der Waals surface area contributed by atoms with Crippen LogP contribution in [0.15, 0.2) is 78.0 Å². The Morgan fingerprint density at radius 1 is 0.971 bits per heavy atom. The number of pyridine rings is 1. The highest BCUT2D eigenvalue weighted by Crippen LogP contribution is 2.40. The van der Waals surface area contributed by atoms with Crippen molar-refractivity contribution in [3.8, 4) is 21.7 Å². The van der Waals surface area contributed by atoms with Crippen molar-refractivity contribution < 1.29 is 13.3 Å². The maximum absolute atomic E-state index is 13.3. The Morgan fingerprint density at radius 2 is 1.68 bits per heavy atom. The van der Waals surface area contributed by atoms with Crippen LogP contribution >= 0.6 is 11.3 Å². The molecule has 0 aliphatic rings. The molecule has 0 saturated heterocycles. The standard InChI is InChI=1S/C24H18N4O4S2/c1-15-3-9-19(10-4-15)34(31,32)27-14-12-21-20(11-13-25-24(21)27)23-22(26-16(2)33-23)17-5-7-18(8-6-17)28(29)30/h3-14H,1-2H3. The van der Waals surface area contributed by atoms with E-state index in [1.54, 1.807) is 48.7 Å². The molecule has 0 radical (unpaired) electrons. The molecule has 170 valence electrons. The largest absolute Gasteiger partial charge is 0.269 e. The van der Waals surface area contributed by atoms with E-state index in [2.05, 4.69) is 9.97 Å². The van der Waals surface area contributed by atoms with Crippen LogP contribution in [-0.2, 0) is 10.0 Å². The van der Waals surface area contributed by atoms with Crippen molar-refractivity contribution >= 4 is 38.1 Å². The lowest BCUT2D eigenvalue weighted by Gasteiger charge is -2.09. The normalized spacial score (nSPS) is 11.7. The number of hydrogen-bond acceptors (Lipinski definition) is 7. The van der Waals surface area contributed by atoms with Crippen LogP contribution < -0.4 is 0 Å². The first kappa shape index (κ1) is 21.9. The van der Waals surface area contributed by atoms with Gasteiger partial charge in [-0.2, -0.15) is 0 Å². The predicted molar refractivity (Wildman–Crippen MR) is 131 cm³/mol. The molecule has 3 heterocycles. The predicted octanol–water partition coefficient (Wildman–Crippen LogP) is 5.59. The van der Waals surface area contributed by atoms with Crippen LogP contribution in [0.25, 0.3) is 32.7 Å². The van der Waals surface area contributed by atoms with Crippen molar-refractivity contribution in [1.82, 2.24) is 13.9 Å². The van der Waals surface area contributed by atoms with E-state index in [0.29, 0.717) is 16.7 Å². The fourth-order valence-corrected chi connectivity index (χ4v) is 6.06. The Morgan fingerprint density at radius 3 is 2.35 bits per heavy atom. The van der Waals surface area contributed by atoms with Gasteiger partial charge in [-0.25, -0.2) is 22.4 Å². The number of nitrogens with zero attached hydrogens (tertiary/aromatic N) is 4. The molecule has 8 nitrogen and oxygen atoms in total. The van der Waals surface area contributed by atoms with Gasteiger partial charge in [0.2, 0.25) is 0 Å². The van der Waals surface area contributed by atoms with Gasteiger partial charge in [-0.1, -0.05) is 17.7 Å². The summed E-state index contributed by atoms with van der Waals surface area (Å²) in [5, 5.41) is 12.5. The minimum atomic E-state index is -3.83. The molecule has 0 atom stereocenters. The lowest BCUT2D eigenvalue weighted by molar-refractivity contribution is -0.384. The van der Waals surface area contributed by atoms with Gasteiger partial charge in [0.25, 0.3) is 15.7 Å². The van der Waals surface area contributed by atoms with Crippen LogP contribution in [0, 0.1) is 24.0 Å². The Bertz CT molecular complexity index is 1650. The number of aryl methyl sites for hydroxylation is 2. The van der Waals surface area contributed by atoms with Crippen LogP contribution in [0.1, 0.15) is 10.6 Å². The molecule has 0 aliphatic heterocycles. The van der Waals surface area contributed by atoms with Gasteiger partial charge in [0.1, 0.15) is 0 Å². The first-order chi connectivity index (χ1) is 16.3. The molecule has 5 aromatic rings. The number of rotatable bonds is 5. The number of hydrogen-bond donors (Lipinski definition) is 0. The number of aromatic nitrogens is 3. The van der Waals surface area contributed by atoms with Gasteiger partial charge in [-0.3, -0.25) is 10.1 Å². The van der Waals surface area contributed by atoms with Gasteiger partial charge in [0.15, 0.2) is 5.65 Å². The van der Waals surface area contributed by atoms with Gasteiger partial charge < -0.3 is 0 Å². The highest BCUT2D eigenvalue weighted by atomic mass is 32.2. The van der Waals surface area contributed by atoms with Crippen LogP contribution in [0.4, 0.5) is 5.69 Å². The van der Waals surface area contributed by atoms with Gasteiger partial charge in [-0.05, 0) is 50.2 Å². The van der Waals surface area contributed by atoms with Crippen molar-refractivity contribution in [2.45, 2.75) is 18.7 Å². The fourth-order valence-electron chi connectivity index (χ4n) is 3.78. The minimum Gasteiger partial charge on any atom is -0.258 e. The van der Waals surface area contributed by atoms with E-state index in [1.165, 1.54) is 33.6 Å². The minimum absolute atomic E-state index is 0.00180. The van der Waals surface area contributed by atoms with E-state index in [-0.39, 0.29) is 10.6 Å². The maximum Gasteiger partial charge on any atom is 0.269 e. The molecule has 0 amide bonds. The molecule has 0 fully saturated rings. The summed E-state index contributed by atoms with van der Waals surface area (Å²) >= 11 is 1.47. The summed E-state index contributed by atoms with van der Waals surface area (Å²) in [5.41, 5.74) is 3.50. The third-order valence-electron chi connectivity index (χ3n) is 5.46. The molecule has 34 heavy (non-hydrogen) atoms. The molecule has 0 spiro atoms. The van der Waals surface area contributed by atoms with Crippen molar-refractivity contribution in [2.24, 2.45) is 0 Å². The lowest BCUT2D eigenvalue weighted by atomic mass is 10.1. The number of benzene rings is 2. The molecule has 0 bridgehead atoms. The lowest BCUT2D eigenvalue weighted by Crippen LogP contribution is -2.12. The molecular weight excluding hydrogens is 472 g/mol. The Labute approximate surface area is 199 Å². The van der Waals surface area contributed by atoms with Crippen LogP contribution in [0.3, 0.4) is 0 Å². The molecule has 0 N–H and O–H groups in total. The quantitative estimate of drug-likeness (QED) is 0.235. The molecule has 2 aromatic carbocycles. The number of nitro benzene ring substituents is 1. The van der Waals surface area contributed by atoms with Gasteiger partial charge in [0, 0.05) is 41.0 Å². The van der Waals surface area contributed by atoms with E-state index in [0.717, 1.165) is 26.6 Å². The van der Waals surface area contributed by atoms with E-state index in [4.69, 9.17) is 0 Å². The summed E-state index contributed by atoms with van der Waals surface area (Å²) in [6, 6.07) is 16.5. The molecule has 0 saturated carbocycles. The van der Waals surface area contributed by atoms with Crippen molar-refractivity contribution in [2.75, 3.05) is 0 Å². The average Bonchev–Trinajstić information content (AvgIpc) is 3.43. The second-order valence-corrected chi connectivity index (χ2v) is 10.8. The molecular formula is C24H18N4O4S2. The summed E-state index contributed by atoms with van der Waals surface area (Å²) in [7, 11) is -3.83. The zero-order chi connectivity index (χ0) is 24.0. The Balaban J connectivity index is 1.65. The first-order valence-corrected chi connectivity index (χ1v) is 12.5. The van der Waals surface area contributed by atoms with E-state index in [9.17, 15) is 18.5 Å². The third-order valence-corrected chi connectivity index (χ3v) is 8.15. The second kappa shape index (κ2) is 8.15. The summed E-state index contributed by atoms with van der Waals surface area (Å²) in [4.78, 5) is 20.6. The Hall–Kier alpha value is -3.89. The number of thiazole rings is 1. The molecule has 10 heteroatoms. The highest BCUT2D eigenvalue weighted by molar-refractivity contribution is 7.90. The van der Waals surface area contributed by atoms with Gasteiger partial charge >= 0.3 is 0 Å². The van der Waals surface area contributed by atoms with Crippen molar-refractivity contribution in [1.29, 1.82) is 0 Å². The monoisotopic (exact) mass is 490 g/mol. The molecule has 0 unspecified atom stereocenters. The number of nitro groups is 1. The zero-order valence-electron chi connectivity index (χ0n) is 18.2. The SMILES string of the molecule is Cc1ccc(S(=O)(=O)n2ccc3c(-c4sc(C)nc4-c4ccc([N+](=O)[O-])cc4)ccnc32)cc1. The fraction of sp³-hybridized carbons (Fsp3) is 0.0833. The van der Waals surface area contributed by atoms with Crippen LogP contribution in [0.5, 0.6) is 0 Å². The summed E-state index contributed by atoms with van der Waals surface area (Å²) < 4.78 is 27.8. The number of fused-ring (bicyclic) bond motifs is 1. The summed E-state index contributed by atoms with van der Waals surface area (Å²) in [5.74, 6) is 0. The van der Waals surface area contributed by atoms with Gasteiger partial charge in [-0.15, -0.1) is 11.3 Å². The van der Waals surface area contributed by atoms with E-state index < -0.39 is 14.9 Å². The second-order valence-electron chi connectivity index (χ2n) is 7.74. The summed E-state index contributed by atoms with van der Waals surface area (Å²) in [6.07, 6.45) is 3.09. The van der Waals surface area contributed by atoms with Crippen molar-refractivity contribution in [3.05, 3.63) is 93.7 Å². The maximum atomic E-state index is 13.3. The topological polar surface area (TPSA) is 108 Å². The zero-order valence-corrected chi connectivity index (χ0v) is 19.8. The van der Waals surface area contributed by atoms with Crippen LogP contribution in [0.2, 0.25) is 0 Å².